The SMILES string of the molecule is C=C/C=C\c1c(C)c2ccc(-c3cccc(-c4cccc(-c5nc(-c6ccccc6)nc(-c6ccccc6)n5)c4)c3)cc2c2ccccc12. The van der Waals surface area contributed by atoms with E-state index in [2.05, 4.69) is 111 Å². The molecule has 0 unspecified atom stereocenters. The van der Waals surface area contributed by atoms with Crippen molar-refractivity contribution < 1.29 is 0 Å². The molecule has 8 aromatic rings. The standard InChI is InChI=1S/C46H33N3/c1-3-4-23-39-31(2)40-27-26-37(30-43(40)42-25-12-11-24-41(39)42)35-20-13-19-34(28-35)36-21-14-22-38(29-36)46-48-44(32-15-7-5-8-16-32)47-45(49-46)33-17-9-6-10-18-33/h3-30H,1H2,2H3/b23-4-. The first-order valence-corrected chi connectivity index (χ1v) is 16.5. The van der Waals surface area contributed by atoms with E-state index in [1.54, 1.807) is 0 Å². The summed E-state index contributed by atoms with van der Waals surface area (Å²) < 4.78 is 0. The molecule has 0 aliphatic heterocycles. The molecule has 0 aliphatic rings. The van der Waals surface area contributed by atoms with Crippen molar-refractivity contribution in [3.8, 4) is 56.4 Å². The second-order valence-corrected chi connectivity index (χ2v) is 12.1. The molecule has 0 radical (unpaired) electrons. The number of allylic oxidation sites excluding steroid dienone is 2. The minimum Gasteiger partial charge on any atom is -0.208 e. The Kier molecular flexibility index (Phi) is 7.93. The third-order valence-electron chi connectivity index (χ3n) is 9.08. The Morgan fingerprint density at radius 1 is 0.408 bits per heavy atom. The Balaban J connectivity index is 1.20. The van der Waals surface area contributed by atoms with Crippen molar-refractivity contribution in [3.63, 3.8) is 0 Å². The number of aryl methyl sites for hydroxylation is 1. The van der Waals surface area contributed by atoms with E-state index in [-0.39, 0.29) is 0 Å². The summed E-state index contributed by atoms with van der Waals surface area (Å²) in [5.74, 6) is 1.95. The molecule has 0 bridgehead atoms. The van der Waals surface area contributed by atoms with Crippen LogP contribution in [0.4, 0.5) is 0 Å². The van der Waals surface area contributed by atoms with Gasteiger partial charge in [0.1, 0.15) is 0 Å². The summed E-state index contributed by atoms with van der Waals surface area (Å²) in [7, 11) is 0. The Labute approximate surface area is 286 Å². The molecule has 3 heteroatoms. The first-order valence-electron chi connectivity index (χ1n) is 16.5. The van der Waals surface area contributed by atoms with Gasteiger partial charge in [-0.3, -0.25) is 0 Å². The minimum atomic E-state index is 0.643. The molecule has 0 saturated carbocycles. The van der Waals surface area contributed by atoms with Crippen molar-refractivity contribution in [2.45, 2.75) is 6.92 Å². The largest absolute Gasteiger partial charge is 0.208 e. The van der Waals surface area contributed by atoms with Gasteiger partial charge in [-0.25, -0.2) is 15.0 Å². The number of hydrogen-bond acceptors (Lipinski definition) is 3. The summed E-state index contributed by atoms with van der Waals surface area (Å²) in [5.41, 5.74) is 9.94. The number of fused-ring (bicyclic) bond motifs is 3. The second kappa shape index (κ2) is 13.0. The van der Waals surface area contributed by atoms with Crippen LogP contribution in [0.15, 0.2) is 170 Å². The van der Waals surface area contributed by atoms with Gasteiger partial charge in [0, 0.05) is 16.7 Å². The number of benzene rings is 7. The quantitative estimate of drug-likeness (QED) is 0.130. The maximum atomic E-state index is 4.95. The number of hydrogen-bond donors (Lipinski definition) is 0. The lowest BCUT2D eigenvalue weighted by Crippen LogP contribution is -2.00. The summed E-state index contributed by atoms with van der Waals surface area (Å²) in [4.78, 5) is 14.8. The lowest BCUT2D eigenvalue weighted by molar-refractivity contribution is 1.07. The van der Waals surface area contributed by atoms with Crippen molar-refractivity contribution in [1.29, 1.82) is 0 Å². The highest BCUT2D eigenvalue weighted by molar-refractivity contribution is 6.13. The van der Waals surface area contributed by atoms with Crippen molar-refractivity contribution in [1.82, 2.24) is 15.0 Å². The summed E-state index contributed by atoms with van der Waals surface area (Å²) >= 11 is 0. The van der Waals surface area contributed by atoms with Crippen LogP contribution in [0, 0.1) is 6.92 Å². The van der Waals surface area contributed by atoms with Gasteiger partial charge < -0.3 is 0 Å². The first-order chi connectivity index (χ1) is 24.2. The van der Waals surface area contributed by atoms with Gasteiger partial charge >= 0.3 is 0 Å². The molecule has 0 aliphatic carbocycles. The average molecular weight is 628 g/mol. The molecule has 1 aromatic heterocycles. The van der Waals surface area contributed by atoms with Crippen LogP contribution in [0.3, 0.4) is 0 Å². The molecule has 232 valence electrons. The number of nitrogens with zero attached hydrogens (tertiary/aromatic N) is 3. The predicted molar refractivity (Wildman–Crippen MR) is 206 cm³/mol. The van der Waals surface area contributed by atoms with E-state index in [1.165, 1.54) is 43.8 Å². The zero-order chi connectivity index (χ0) is 33.2. The van der Waals surface area contributed by atoms with Crippen LogP contribution in [-0.4, -0.2) is 15.0 Å². The molecule has 49 heavy (non-hydrogen) atoms. The van der Waals surface area contributed by atoms with E-state index < -0.39 is 0 Å². The fourth-order valence-corrected chi connectivity index (χ4v) is 6.61. The fraction of sp³-hybridized carbons (Fsp3) is 0.0217. The van der Waals surface area contributed by atoms with E-state index >= 15 is 0 Å². The van der Waals surface area contributed by atoms with Gasteiger partial charge in [-0.15, -0.1) is 0 Å². The van der Waals surface area contributed by atoms with Gasteiger partial charge in [0.25, 0.3) is 0 Å². The molecule has 0 amide bonds. The van der Waals surface area contributed by atoms with Crippen molar-refractivity contribution in [3.05, 3.63) is 182 Å². The maximum absolute atomic E-state index is 4.95. The monoisotopic (exact) mass is 627 g/mol. The molecular weight excluding hydrogens is 595 g/mol. The van der Waals surface area contributed by atoms with Crippen LogP contribution in [0.1, 0.15) is 11.1 Å². The summed E-state index contributed by atoms with van der Waals surface area (Å²) in [6.07, 6.45) is 6.01. The van der Waals surface area contributed by atoms with Gasteiger partial charge in [0.15, 0.2) is 17.5 Å². The number of aromatic nitrogens is 3. The smallest absolute Gasteiger partial charge is 0.164 e. The van der Waals surface area contributed by atoms with E-state index in [0.29, 0.717) is 17.5 Å². The zero-order valence-corrected chi connectivity index (χ0v) is 27.2. The Morgan fingerprint density at radius 2 is 0.878 bits per heavy atom. The van der Waals surface area contributed by atoms with E-state index in [1.807, 2.05) is 72.8 Å². The summed E-state index contributed by atoms with van der Waals surface area (Å²) in [5, 5.41) is 5.02. The maximum Gasteiger partial charge on any atom is 0.164 e. The fourth-order valence-electron chi connectivity index (χ4n) is 6.61. The van der Waals surface area contributed by atoms with Crippen LogP contribution >= 0.6 is 0 Å². The Morgan fingerprint density at radius 3 is 1.47 bits per heavy atom. The summed E-state index contributed by atoms with van der Waals surface area (Å²) in [6.45, 7) is 6.09. The van der Waals surface area contributed by atoms with Crippen LogP contribution in [-0.2, 0) is 0 Å². The zero-order valence-electron chi connectivity index (χ0n) is 27.2. The molecule has 0 N–H and O–H groups in total. The molecule has 3 nitrogen and oxygen atoms in total. The Hall–Kier alpha value is -6.45. The normalized spacial score (nSPS) is 11.4. The molecule has 0 saturated heterocycles. The molecule has 0 spiro atoms. The molecule has 8 rings (SSSR count). The van der Waals surface area contributed by atoms with Crippen molar-refractivity contribution in [2.75, 3.05) is 0 Å². The summed E-state index contributed by atoms with van der Waals surface area (Å²) in [6, 6.07) is 52.9. The van der Waals surface area contributed by atoms with Gasteiger partial charge in [0.05, 0.1) is 0 Å². The van der Waals surface area contributed by atoms with Gasteiger partial charge in [-0.2, -0.15) is 0 Å². The molecule has 1 heterocycles. The topological polar surface area (TPSA) is 38.7 Å². The predicted octanol–water partition coefficient (Wildman–Crippen LogP) is 12.0. The van der Waals surface area contributed by atoms with Crippen LogP contribution in [0.2, 0.25) is 0 Å². The first kappa shape index (κ1) is 29.9. The van der Waals surface area contributed by atoms with Crippen molar-refractivity contribution in [2.24, 2.45) is 0 Å². The van der Waals surface area contributed by atoms with Crippen LogP contribution < -0.4 is 0 Å². The molecule has 0 fully saturated rings. The highest BCUT2D eigenvalue weighted by Crippen LogP contribution is 2.37. The minimum absolute atomic E-state index is 0.643. The van der Waals surface area contributed by atoms with Crippen molar-refractivity contribution >= 4 is 27.6 Å². The average Bonchev–Trinajstić information content (AvgIpc) is 3.18. The van der Waals surface area contributed by atoms with E-state index in [9.17, 15) is 0 Å². The molecular formula is C46H33N3. The van der Waals surface area contributed by atoms with Gasteiger partial charge in [-0.1, -0.05) is 158 Å². The van der Waals surface area contributed by atoms with Crippen LogP contribution in [0.5, 0.6) is 0 Å². The third kappa shape index (κ3) is 5.83. The van der Waals surface area contributed by atoms with Crippen LogP contribution in [0.25, 0.3) is 84.0 Å². The van der Waals surface area contributed by atoms with Gasteiger partial charge in [-0.05, 0) is 80.0 Å². The molecule has 0 atom stereocenters. The lowest BCUT2D eigenvalue weighted by atomic mass is 9.89. The Bertz CT molecular complexity index is 2460. The highest BCUT2D eigenvalue weighted by atomic mass is 15.0. The van der Waals surface area contributed by atoms with Gasteiger partial charge in [0.2, 0.25) is 0 Å². The van der Waals surface area contributed by atoms with E-state index in [4.69, 9.17) is 15.0 Å². The molecule has 7 aromatic carbocycles. The third-order valence-corrected chi connectivity index (χ3v) is 9.08. The second-order valence-electron chi connectivity index (χ2n) is 12.1. The lowest BCUT2D eigenvalue weighted by Gasteiger charge is -2.14. The van der Waals surface area contributed by atoms with E-state index in [0.717, 1.165) is 27.8 Å². The highest BCUT2D eigenvalue weighted by Gasteiger charge is 2.14. The number of rotatable bonds is 7.